The number of likely N-dealkylation sites (tertiary alicyclic amines) is 1. The van der Waals surface area contributed by atoms with E-state index in [4.69, 9.17) is 5.73 Å². The van der Waals surface area contributed by atoms with Gasteiger partial charge in [0, 0.05) is 19.6 Å². The fraction of sp³-hybridized carbons (Fsp3) is 0.909. The maximum Gasteiger partial charge on any atom is 0.229 e. The third-order valence-corrected chi connectivity index (χ3v) is 3.30. The second-order valence-electron chi connectivity index (χ2n) is 5.17. The van der Waals surface area contributed by atoms with Crippen molar-refractivity contribution in [2.45, 2.75) is 33.3 Å². The molecule has 4 nitrogen and oxygen atoms in total. The van der Waals surface area contributed by atoms with Gasteiger partial charge in [-0.1, -0.05) is 6.92 Å². The van der Waals surface area contributed by atoms with Crippen LogP contribution in [0, 0.1) is 11.3 Å². The van der Waals surface area contributed by atoms with E-state index in [9.17, 15) is 9.90 Å². The van der Waals surface area contributed by atoms with Crippen LogP contribution in [0.5, 0.6) is 0 Å². The fourth-order valence-electron chi connectivity index (χ4n) is 1.75. The summed E-state index contributed by atoms with van der Waals surface area (Å²) in [6.07, 6.45) is 0.476. The maximum atomic E-state index is 12.0. The number of hydrogen-bond acceptors (Lipinski definition) is 3. The molecule has 0 aromatic heterocycles. The highest BCUT2D eigenvalue weighted by Crippen LogP contribution is 2.23. The number of nitrogens with zero attached hydrogens (tertiary/aromatic N) is 1. The fourth-order valence-corrected chi connectivity index (χ4v) is 1.75. The van der Waals surface area contributed by atoms with Gasteiger partial charge in [-0.15, -0.1) is 0 Å². The SMILES string of the molecule is CC1CCN(C(=O)C(C)(C)CN)CC1O. The number of nitrogens with two attached hydrogens (primary N) is 1. The minimum absolute atomic E-state index is 0.0518. The monoisotopic (exact) mass is 214 g/mol. The topological polar surface area (TPSA) is 66.6 Å². The summed E-state index contributed by atoms with van der Waals surface area (Å²) in [6.45, 7) is 7.23. The van der Waals surface area contributed by atoms with Crippen LogP contribution in [0.1, 0.15) is 27.2 Å². The third kappa shape index (κ3) is 2.69. The van der Waals surface area contributed by atoms with Crippen LogP contribution in [0.25, 0.3) is 0 Å². The van der Waals surface area contributed by atoms with E-state index in [1.807, 2.05) is 20.8 Å². The van der Waals surface area contributed by atoms with Gasteiger partial charge in [0.1, 0.15) is 0 Å². The first kappa shape index (κ1) is 12.5. The molecule has 0 radical (unpaired) electrons. The van der Waals surface area contributed by atoms with Crippen molar-refractivity contribution in [2.24, 2.45) is 17.1 Å². The van der Waals surface area contributed by atoms with E-state index in [1.165, 1.54) is 0 Å². The Labute approximate surface area is 91.4 Å². The first-order chi connectivity index (χ1) is 6.88. The van der Waals surface area contributed by atoms with E-state index in [-0.39, 0.29) is 11.8 Å². The van der Waals surface area contributed by atoms with Crippen LogP contribution < -0.4 is 5.73 Å². The van der Waals surface area contributed by atoms with E-state index in [0.29, 0.717) is 13.1 Å². The largest absolute Gasteiger partial charge is 0.391 e. The van der Waals surface area contributed by atoms with Crippen molar-refractivity contribution in [3.63, 3.8) is 0 Å². The Morgan fingerprint density at radius 2 is 2.20 bits per heavy atom. The van der Waals surface area contributed by atoms with Gasteiger partial charge in [-0.05, 0) is 26.2 Å². The lowest BCUT2D eigenvalue weighted by Crippen LogP contribution is -2.51. The highest BCUT2D eigenvalue weighted by atomic mass is 16.3. The van der Waals surface area contributed by atoms with Crippen molar-refractivity contribution in [3.05, 3.63) is 0 Å². The summed E-state index contributed by atoms with van der Waals surface area (Å²) in [7, 11) is 0. The molecule has 1 rings (SSSR count). The molecule has 1 aliphatic heterocycles. The molecule has 15 heavy (non-hydrogen) atoms. The molecule has 0 aliphatic carbocycles. The average Bonchev–Trinajstić information content (AvgIpc) is 2.21. The highest BCUT2D eigenvalue weighted by Gasteiger charge is 2.34. The second kappa shape index (κ2) is 4.49. The summed E-state index contributed by atoms with van der Waals surface area (Å²) in [4.78, 5) is 13.8. The van der Waals surface area contributed by atoms with Crippen molar-refractivity contribution in [2.75, 3.05) is 19.6 Å². The average molecular weight is 214 g/mol. The number of carbonyl (C=O) groups is 1. The van der Waals surface area contributed by atoms with Gasteiger partial charge in [0.2, 0.25) is 5.91 Å². The molecule has 88 valence electrons. The molecular formula is C11H22N2O2. The number of carbonyl (C=O) groups excluding carboxylic acids is 1. The molecule has 0 aromatic carbocycles. The minimum atomic E-state index is -0.514. The van der Waals surface area contributed by atoms with Crippen LogP contribution in [-0.4, -0.2) is 41.7 Å². The zero-order chi connectivity index (χ0) is 11.6. The number of hydrogen-bond donors (Lipinski definition) is 2. The summed E-state index contributed by atoms with van der Waals surface area (Å²) >= 11 is 0. The van der Waals surface area contributed by atoms with Gasteiger partial charge in [-0.3, -0.25) is 4.79 Å². The molecule has 1 saturated heterocycles. The van der Waals surface area contributed by atoms with Gasteiger partial charge in [0.25, 0.3) is 0 Å². The summed E-state index contributed by atoms with van der Waals surface area (Å²) in [5.74, 6) is 0.339. The molecule has 4 heteroatoms. The summed E-state index contributed by atoms with van der Waals surface area (Å²) in [6, 6.07) is 0. The summed E-state index contributed by atoms with van der Waals surface area (Å²) in [5, 5.41) is 9.71. The van der Waals surface area contributed by atoms with Gasteiger partial charge in [0.15, 0.2) is 0 Å². The molecular weight excluding hydrogens is 192 g/mol. The lowest BCUT2D eigenvalue weighted by atomic mass is 9.89. The molecule has 0 spiro atoms. The Morgan fingerprint density at radius 1 is 1.60 bits per heavy atom. The van der Waals surface area contributed by atoms with Gasteiger partial charge in [-0.2, -0.15) is 0 Å². The van der Waals surface area contributed by atoms with Crippen LogP contribution in [0.15, 0.2) is 0 Å². The molecule has 1 aliphatic rings. The van der Waals surface area contributed by atoms with Crippen molar-refractivity contribution in [1.82, 2.24) is 4.90 Å². The van der Waals surface area contributed by atoms with E-state index in [2.05, 4.69) is 0 Å². The van der Waals surface area contributed by atoms with Crippen LogP contribution in [0.2, 0.25) is 0 Å². The molecule has 2 atom stereocenters. The number of aliphatic hydroxyl groups is 1. The number of rotatable bonds is 2. The Bertz CT molecular complexity index is 241. The van der Waals surface area contributed by atoms with Gasteiger partial charge >= 0.3 is 0 Å². The van der Waals surface area contributed by atoms with E-state index >= 15 is 0 Å². The number of amides is 1. The Hall–Kier alpha value is -0.610. The Kier molecular flexibility index (Phi) is 3.73. The first-order valence-electron chi connectivity index (χ1n) is 5.56. The van der Waals surface area contributed by atoms with E-state index in [0.717, 1.165) is 13.0 Å². The quantitative estimate of drug-likeness (QED) is 0.690. The molecule has 1 fully saturated rings. The van der Waals surface area contributed by atoms with Crippen molar-refractivity contribution in [3.8, 4) is 0 Å². The molecule has 3 N–H and O–H groups in total. The maximum absolute atomic E-state index is 12.0. The van der Waals surface area contributed by atoms with Gasteiger partial charge in [0.05, 0.1) is 11.5 Å². The minimum Gasteiger partial charge on any atom is -0.391 e. The zero-order valence-corrected chi connectivity index (χ0v) is 9.86. The van der Waals surface area contributed by atoms with E-state index < -0.39 is 11.5 Å². The smallest absolute Gasteiger partial charge is 0.229 e. The molecule has 1 amide bonds. The van der Waals surface area contributed by atoms with Crippen LogP contribution >= 0.6 is 0 Å². The molecule has 0 aromatic rings. The van der Waals surface area contributed by atoms with Gasteiger partial charge < -0.3 is 15.7 Å². The predicted molar refractivity (Wildman–Crippen MR) is 59.2 cm³/mol. The predicted octanol–water partition coefficient (Wildman–Crippen LogP) is 0.201. The van der Waals surface area contributed by atoms with Crippen LogP contribution in [0.3, 0.4) is 0 Å². The third-order valence-electron chi connectivity index (χ3n) is 3.30. The normalized spacial score (nSPS) is 27.9. The zero-order valence-electron chi connectivity index (χ0n) is 9.86. The number of aliphatic hydroxyl groups excluding tert-OH is 1. The molecule has 0 saturated carbocycles. The van der Waals surface area contributed by atoms with Crippen LogP contribution in [-0.2, 0) is 4.79 Å². The van der Waals surface area contributed by atoms with Crippen molar-refractivity contribution >= 4 is 5.91 Å². The summed E-state index contributed by atoms with van der Waals surface area (Å²) < 4.78 is 0. The highest BCUT2D eigenvalue weighted by molar-refractivity contribution is 5.82. The second-order valence-corrected chi connectivity index (χ2v) is 5.17. The van der Waals surface area contributed by atoms with E-state index in [1.54, 1.807) is 4.90 Å². The number of piperidine rings is 1. The molecule has 1 heterocycles. The summed E-state index contributed by atoms with van der Waals surface area (Å²) in [5.41, 5.74) is 5.05. The Balaban J connectivity index is 2.62. The van der Waals surface area contributed by atoms with Crippen molar-refractivity contribution < 1.29 is 9.90 Å². The first-order valence-corrected chi connectivity index (χ1v) is 5.56. The van der Waals surface area contributed by atoms with Crippen LogP contribution in [0.4, 0.5) is 0 Å². The number of β-amino-alcohol motifs (C(OH)–C–C–N with tert-alkyl or cyclic N) is 1. The van der Waals surface area contributed by atoms with Gasteiger partial charge in [-0.25, -0.2) is 0 Å². The standard InChI is InChI=1S/C11H22N2O2/c1-8-4-5-13(6-9(8)14)10(15)11(2,3)7-12/h8-9,14H,4-7,12H2,1-3H3. The van der Waals surface area contributed by atoms with Crippen molar-refractivity contribution in [1.29, 1.82) is 0 Å². The Morgan fingerprint density at radius 3 is 2.67 bits per heavy atom. The lowest BCUT2D eigenvalue weighted by Gasteiger charge is -2.38. The lowest BCUT2D eigenvalue weighted by molar-refractivity contribution is -0.144. The molecule has 2 unspecified atom stereocenters. The molecule has 0 bridgehead atoms.